The van der Waals surface area contributed by atoms with Crippen molar-refractivity contribution in [1.29, 1.82) is 5.26 Å². The van der Waals surface area contributed by atoms with E-state index in [1.54, 1.807) is 16.8 Å². The van der Waals surface area contributed by atoms with Gasteiger partial charge in [-0.05, 0) is 18.5 Å². The Morgan fingerprint density at radius 3 is 3.13 bits per heavy atom. The standard InChI is InChI=1S/C9H8N4S2/c1-6-8(2-10)9(15-13-6)11-3-7-4-14-5-12-7/h4-5,11H,3H2,1H3. The van der Waals surface area contributed by atoms with E-state index in [0.717, 1.165) is 16.4 Å². The molecule has 2 aromatic rings. The quantitative estimate of drug-likeness (QED) is 0.888. The zero-order valence-corrected chi connectivity index (χ0v) is 9.65. The van der Waals surface area contributed by atoms with Gasteiger partial charge in [-0.3, -0.25) is 0 Å². The maximum absolute atomic E-state index is 8.91. The Balaban J connectivity index is 2.09. The van der Waals surface area contributed by atoms with Crippen molar-refractivity contribution in [1.82, 2.24) is 9.36 Å². The second kappa shape index (κ2) is 4.38. The molecule has 0 spiro atoms. The van der Waals surface area contributed by atoms with Crippen LogP contribution in [0.2, 0.25) is 0 Å². The Kier molecular flexibility index (Phi) is 2.94. The summed E-state index contributed by atoms with van der Waals surface area (Å²) < 4.78 is 4.13. The molecule has 0 aliphatic rings. The first-order valence-corrected chi connectivity index (χ1v) is 6.00. The van der Waals surface area contributed by atoms with Crippen molar-refractivity contribution in [2.24, 2.45) is 0 Å². The average molecular weight is 236 g/mol. The van der Waals surface area contributed by atoms with E-state index in [2.05, 4.69) is 20.7 Å². The second-order valence-electron chi connectivity index (χ2n) is 2.92. The van der Waals surface area contributed by atoms with Crippen LogP contribution in [0.3, 0.4) is 0 Å². The first-order chi connectivity index (χ1) is 7.31. The number of nitriles is 1. The number of nitrogens with one attached hydrogen (secondary N) is 1. The second-order valence-corrected chi connectivity index (χ2v) is 4.41. The summed E-state index contributed by atoms with van der Waals surface area (Å²) in [6.07, 6.45) is 0. The molecular weight excluding hydrogens is 228 g/mol. The van der Waals surface area contributed by atoms with Crippen molar-refractivity contribution in [3.05, 3.63) is 27.8 Å². The minimum Gasteiger partial charge on any atom is -0.369 e. The number of thiazole rings is 1. The number of aryl methyl sites for hydroxylation is 1. The molecule has 15 heavy (non-hydrogen) atoms. The van der Waals surface area contributed by atoms with Gasteiger partial charge in [0.1, 0.15) is 16.6 Å². The molecule has 0 bridgehead atoms. The summed E-state index contributed by atoms with van der Waals surface area (Å²) in [4.78, 5) is 4.15. The lowest BCUT2D eigenvalue weighted by molar-refractivity contribution is 1.08. The predicted octanol–water partition coefficient (Wildman–Crippen LogP) is 2.39. The van der Waals surface area contributed by atoms with E-state index in [0.29, 0.717) is 12.1 Å². The SMILES string of the molecule is Cc1nsc(NCc2cscn2)c1C#N. The predicted molar refractivity (Wildman–Crippen MR) is 61.0 cm³/mol. The lowest BCUT2D eigenvalue weighted by Crippen LogP contribution is -1.99. The maximum atomic E-state index is 8.91. The summed E-state index contributed by atoms with van der Waals surface area (Å²) >= 11 is 2.88. The molecule has 0 unspecified atom stereocenters. The molecule has 0 aliphatic carbocycles. The fourth-order valence-corrected chi connectivity index (χ4v) is 2.42. The minimum atomic E-state index is 0.634. The van der Waals surface area contributed by atoms with Gasteiger partial charge in [-0.15, -0.1) is 11.3 Å². The lowest BCUT2D eigenvalue weighted by Gasteiger charge is -1.99. The smallest absolute Gasteiger partial charge is 0.128 e. The summed E-state index contributed by atoms with van der Waals surface area (Å²) in [5, 5.41) is 14.9. The van der Waals surface area contributed by atoms with Crippen molar-refractivity contribution in [3.8, 4) is 6.07 Å². The highest BCUT2D eigenvalue weighted by Crippen LogP contribution is 2.23. The van der Waals surface area contributed by atoms with Crippen LogP contribution in [-0.4, -0.2) is 9.36 Å². The molecular formula is C9H8N4S2. The van der Waals surface area contributed by atoms with E-state index in [-0.39, 0.29) is 0 Å². The third-order valence-electron chi connectivity index (χ3n) is 1.89. The van der Waals surface area contributed by atoms with Crippen LogP contribution in [0.5, 0.6) is 0 Å². The molecule has 0 fully saturated rings. The Morgan fingerprint density at radius 2 is 2.47 bits per heavy atom. The van der Waals surface area contributed by atoms with Crippen LogP contribution in [0, 0.1) is 18.3 Å². The highest BCUT2D eigenvalue weighted by molar-refractivity contribution is 7.10. The van der Waals surface area contributed by atoms with Gasteiger partial charge < -0.3 is 5.32 Å². The lowest BCUT2D eigenvalue weighted by atomic mass is 10.3. The van der Waals surface area contributed by atoms with E-state index in [1.807, 2.05) is 12.3 Å². The number of aromatic nitrogens is 2. The topological polar surface area (TPSA) is 61.6 Å². The molecule has 0 aliphatic heterocycles. The molecule has 2 aromatic heterocycles. The summed E-state index contributed by atoms with van der Waals surface area (Å²) in [7, 11) is 0. The molecule has 76 valence electrons. The van der Waals surface area contributed by atoms with E-state index in [4.69, 9.17) is 5.26 Å². The van der Waals surface area contributed by atoms with Crippen LogP contribution >= 0.6 is 22.9 Å². The van der Waals surface area contributed by atoms with Gasteiger partial charge >= 0.3 is 0 Å². The third kappa shape index (κ3) is 2.14. The fourth-order valence-electron chi connectivity index (χ4n) is 1.12. The zero-order valence-electron chi connectivity index (χ0n) is 8.02. The van der Waals surface area contributed by atoms with Gasteiger partial charge in [0.05, 0.1) is 23.4 Å². The third-order valence-corrected chi connectivity index (χ3v) is 3.42. The molecule has 0 amide bonds. The molecule has 2 heterocycles. The van der Waals surface area contributed by atoms with Crippen LogP contribution in [-0.2, 0) is 6.54 Å². The molecule has 4 nitrogen and oxygen atoms in total. The van der Waals surface area contributed by atoms with Crippen LogP contribution in [0.25, 0.3) is 0 Å². The average Bonchev–Trinajstić information content (AvgIpc) is 2.84. The van der Waals surface area contributed by atoms with Gasteiger partial charge in [-0.2, -0.15) is 9.64 Å². The normalized spacial score (nSPS) is 9.87. The van der Waals surface area contributed by atoms with E-state index >= 15 is 0 Å². The van der Waals surface area contributed by atoms with Gasteiger partial charge in [0.25, 0.3) is 0 Å². The van der Waals surface area contributed by atoms with Crippen molar-refractivity contribution in [2.75, 3.05) is 5.32 Å². The molecule has 0 aromatic carbocycles. The van der Waals surface area contributed by atoms with Gasteiger partial charge in [-0.25, -0.2) is 4.98 Å². The Hall–Kier alpha value is -1.45. The fraction of sp³-hybridized carbons (Fsp3) is 0.222. The van der Waals surface area contributed by atoms with Crippen LogP contribution < -0.4 is 5.32 Å². The maximum Gasteiger partial charge on any atom is 0.128 e. The number of nitrogens with zero attached hydrogens (tertiary/aromatic N) is 3. The Morgan fingerprint density at radius 1 is 1.60 bits per heavy atom. The molecule has 6 heteroatoms. The highest BCUT2D eigenvalue weighted by Gasteiger charge is 2.09. The molecule has 0 atom stereocenters. The van der Waals surface area contributed by atoms with Crippen molar-refractivity contribution in [2.45, 2.75) is 13.5 Å². The van der Waals surface area contributed by atoms with Crippen LogP contribution in [0.4, 0.5) is 5.00 Å². The van der Waals surface area contributed by atoms with Gasteiger partial charge in [-0.1, -0.05) is 0 Å². The Labute approximate surface area is 95.4 Å². The largest absolute Gasteiger partial charge is 0.369 e. The Bertz CT molecular complexity index is 481. The first kappa shape index (κ1) is 10.1. The zero-order chi connectivity index (χ0) is 10.7. The summed E-state index contributed by atoms with van der Waals surface area (Å²) in [6.45, 7) is 2.48. The van der Waals surface area contributed by atoms with Crippen LogP contribution in [0.15, 0.2) is 10.9 Å². The van der Waals surface area contributed by atoms with Crippen LogP contribution in [0.1, 0.15) is 17.0 Å². The van der Waals surface area contributed by atoms with Gasteiger partial charge in [0, 0.05) is 5.38 Å². The highest BCUT2D eigenvalue weighted by atomic mass is 32.1. The minimum absolute atomic E-state index is 0.634. The monoisotopic (exact) mass is 236 g/mol. The van der Waals surface area contributed by atoms with Gasteiger partial charge in [0.2, 0.25) is 0 Å². The first-order valence-electron chi connectivity index (χ1n) is 4.28. The van der Waals surface area contributed by atoms with E-state index < -0.39 is 0 Å². The summed E-state index contributed by atoms with van der Waals surface area (Å²) in [6, 6.07) is 2.14. The molecule has 1 N–H and O–H groups in total. The van der Waals surface area contributed by atoms with Crippen molar-refractivity contribution in [3.63, 3.8) is 0 Å². The van der Waals surface area contributed by atoms with Gasteiger partial charge in [0.15, 0.2) is 0 Å². The number of hydrogen-bond donors (Lipinski definition) is 1. The number of anilines is 1. The van der Waals surface area contributed by atoms with Crippen molar-refractivity contribution >= 4 is 27.9 Å². The van der Waals surface area contributed by atoms with E-state index in [1.165, 1.54) is 11.5 Å². The van der Waals surface area contributed by atoms with E-state index in [9.17, 15) is 0 Å². The molecule has 0 saturated carbocycles. The number of hydrogen-bond acceptors (Lipinski definition) is 6. The number of rotatable bonds is 3. The molecule has 0 radical (unpaired) electrons. The molecule has 2 rings (SSSR count). The summed E-state index contributed by atoms with van der Waals surface area (Å²) in [5.41, 5.74) is 4.19. The molecule has 0 saturated heterocycles. The summed E-state index contributed by atoms with van der Waals surface area (Å²) in [5.74, 6) is 0. The van der Waals surface area contributed by atoms with Crippen molar-refractivity contribution < 1.29 is 0 Å².